The smallest absolute Gasteiger partial charge is 0.103 e. The van der Waals surface area contributed by atoms with Gasteiger partial charge in [0.25, 0.3) is 0 Å². The van der Waals surface area contributed by atoms with E-state index in [1.54, 1.807) is 10.9 Å². The molecule has 1 N–H and O–H groups in total. The van der Waals surface area contributed by atoms with Gasteiger partial charge in [-0.3, -0.25) is 4.68 Å². The van der Waals surface area contributed by atoms with Gasteiger partial charge in [-0.15, -0.1) is 0 Å². The third-order valence-electron chi connectivity index (χ3n) is 5.28. The first-order valence-electron chi connectivity index (χ1n) is 8.54. The quantitative estimate of drug-likeness (QED) is 0.780. The lowest BCUT2D eigenvalue weighted by Crippen LogP contribution is -2.41. The first kappa shape index (κ1) is 16.6. The zero-order valence-corrected chi connectivity index (χ0v) is 15.2. The minimum absolute atomic E-state index is 0.181. The molecule has 3 heterocycles. The second kappa shape index (κ2) is 6.44. The molecular formula is C18H22ClN5O. The molecule has 1 saturated heterocycles. The third kappa shape index (κ3) is 2.94. The fourth-order valence-corrected chi connectivity index (χ4v) is 4.09. The molecule has 0 unspecified atom stereocenters. The molecule has 1 aliphatic rings. The van der Waals surface area contributed by atoms with Crippen molar-refractivity contribution in [3.63, 3.8) is 0 Å². The molecule has 0 bridgehead atoms. The van der Waals surface area contributed by atoms with Crippen molar-refractivity contribution in [2.75, 3.05) is 20.2 Å². The third-order valence-corrected chi connectivity index (χ3v) is 5.61. The average molecular weight is 360 g/mol. The molecule has 0 radical (unpaired) electrons. The molecule has 2 aromatic heterocycles. The van der Waals surface area contributed by atoms with E-state index in [0.29, 0.717) is 5.92 Å². The predicted molar refractivity (Wildman–Crippen MR) is 98.3 cm³/mol. The highest BCUT2D eigenvalue weighted by atomic mass is 35.5. The van der Waals surface area contributed by atoms with Gasteiger partial charge in [0.05, 0.1) is 30.7 Å². The van der Waals surface area contributed by atoms with Crippen molar-refractivity contribution in [2.24, 2.45) is 7.05 Å². The summed E-state index contributed by atoms with van der Waals surface area (Å²) in [5.41, 5.74) is 3.11. The Morgan fingerprint density at radius 1 is 1.24 bits per heavy atom. The zero-order valence-electron chi connectivity index (χ0n) is 14.4. The number of hydrogen-bond donors (Lipinski definition) is 1. The van der Waals surface area contributed by atoms with Crippen LogP contribution in [0.1, 0.15) is 24.3 Å². The maximum atomic E-state index is 9.63. The van der Waals surface area contributed by atoms with Gasteiger partial charge < -0.3 is 10.0 Å². The predicted octanol–water partition coefficient (Wildman–Crippen LogP) is 2.58. The highest BCUT2D eigenvalue weighted by Gasteiger charge is 2.28. The highest BCUT2D eigenvalue weighted by Crippen LogP contribution is 2.37. The van der Waals surface area contributed by atoms with Crippen molar-refractivity contribution < 1.29 is 5.11 Å². The van der Waals surface area contributed by atoms with E-state index in [2.05, 4.69) is 28.2 Å². The maximum absolute atomic E-state index is 9.63. The Morgan fingerprint density at radius 3 is 2.80 bits per heavy atom. The monoisotopic (exact) mass is 359 g/mol. The van der Waals surface area contributed by atoms with E-state index in [1.807, 2.05) is 30.2 Å². The summed E-state index contributed by atoms with van der Waals surface area (Å²) in [6, 6.07) is 4.34. The zero-order chi connectivity index (χ0) is 17.6. The van der Waals surface area contributed by atoms with E-state index in [4.69, 9.17) is 11.6 Å². The molecule has 1 fully saturated rings. The first-order chi connectivity index (χ1) is 12.1. The van der Waals surface area contributed by atoms with Crippen molar-refractivity contribution in [2.45, 2.75) is 24.8 Å². The lowest BCUT2D eigenvalue weighted by molar-refractivity contribution is 0.104. The van der Waals surface area contributed by atoms with Crippen LogP contribution in [0.15, 0.2) is 30.7 Å². The summed E-state index contributed by atoms with van der Waals surface area (Å²) in [6.45, 7) is 1.15. The largest absolute Gasteiger partial charge is 0.395 e. The Labute approximate surface area is 151 Å². The van der Waals surface area contributed by atoms with E-state index in [1.165, 1.54) is 0 Å². The van der Waals surface area contributed by atoms with Crippen molar-refractivity contribution in [1.82, 2.24) is 24.5 Å². The number of aryl methyl sites for hydroxylation is 1. The summed E-state index contributed by atoms with van der Waals surface area (Å²) in [4.78, 5) is 2.23. The number of benzene rings is 1. The van der Waals surface area contributed by atoms with Gasteiger partial charge in [0, 0.05) is 23.5 Å². The number of halogens is 1. The molecular weight excluding hydrogens is 338 g/mol. The molecule has 0 amide bonds. The number of aromatic nitrogens is 4. The fourth-order valence-electron chi connectivity index (χ4n) is 3.76. The van der Waals surface area contributed by atoms with Crippen LogP contribution >= 0.6 is 11.6 Å². The highest BCUT2D eigenvalue weighted by molar-refractivity contribution is 6.32. The van der Waals surface area contributed by atoms with Crippen LogP contribution in [0.5, 0.6) is 0 Å². The molecule has 6 nitrogen and oxygen atoms in total. The van der Waals surface area contributed by atoms with Gasteiger partial charge in [0.15, 0.2) is 0 Å². The van der Waals surface area contributed by atoms with Crippen LogP contribution in [0.4, 0.5) is 0 Å². The van der Waals surface area contributed by atoms with Crippen molar-refractivity contribution >= 4 is 22.5 Å². The van der Waals surface area contributed by atoms with Gasteiger partial charge in [0.2, 0.25) is 0 Å². The van der Waals surface area contributed by atoms with Crippen molar-refractivity contribution in [1.29, 1.82) is 0 Å². The van der Waals surface area contributed by atoms with E-state index in [9.17, 15) is 5.11 Å². The van der Waals surface area contributed by atoms with Crippen LogP contribution in [-0.4, -0.2) is 55.8 Å². The molecule has 0 spiro atoms. The summed E-state index contributed by atoms with van der Waals surface area (Å²) >= 11 is 6.59. The minimum atomic E-state index is 0.181. The average Bonchev–Trinajstić information content (AvgIpc) is 3.20. The number of aliphatic hydroxyl groups is 1. The standard InChI is InChI=1S/C18H22ClN5O/c1-22-4-3-12(5-14(22)11-25)16-7-18-13(6-17(16)19)8-21-24(18)15-9-20-23(2)10-15/h6-10,12,14,25H,3-5,11H2,1-2H3/t12-,14+/m0/s1. The summed E-state index contributed by atoms with van der Waals surface area (Å²) < 4.78 is 3.67. The summed E-state index contributed by atoms with van der Waals surface area (Å²) in [5, 5.41) is 20.2. The molecule has 1 aromatic carbocycles. The van der Waals surface area contributed by atoms with Crippen LogP contribution in [-0.2, 0) is 7.05 Å². The van der Waals surface area contributed by atoms with E-state index < -0.39 is 0 Å². The Morgan fingerprint density at radius 2 is 2.08 bits per heavy atom. The van der Waals surface area contributed by atoms with Crippen molar-refractivity contribution in [3.8, 4) is 5.69 Å². The molecule has 2 atom stereocenters. The Bertz CT molecular complexity index is 902. The number of likely N-dealkylation sites (N-methyl/N-ethyl adjacent to an activating group) is 1. The number of hydrogen-bond acceptors (Lipinski definition) is 4. The number of fused-ring (bicyclic) bond motifs is 1. The lowest BCUT2D eigenvalue weighted by atomic mass is 9.85. The van der Waals surface area contributed by atoms with Gasteiger partial charge in [-0.05, 0) is 50.0 Å². The number of rotatable bonds is 3. The van der Waals surface area contributed by atoms with Crippen LogP contribution < -0.4 is 0 Å². The van der Waals surface area contributed by atoms with Crippen molar-refractivity contribution in [3.05, 3.63) is 41.3 Å². The molecule has 7 heteroatoms. The topological polar surface area (TPSA) is 59.1 Å². The number of aliphatic hydroxyl groups excluding tert-OH is 1. The number of likely N-dealkylation sites (tertiary alicyclic amines) is 1. The maximum Gasteiger partial charge on any atom is 0.103 e. The van der Waals surface area contributed by atoms with Crippen LogP contribution in [0.3, 0.4) is 0 Å². The molecule has 1 aliphatic heterocycles. The Kier molecular flexibility index (Phi) is 4.27. The second-order valence-electron chi connectivity index (χ2n) is 6.90. The molecule has 25 heavy (non-hydrogen) atoms. The second-order valence-corrected chi connectivity index (χ2v) is 7.31. The molecule has 4 rings (SSSR count). The summed E-state index contributed by atoms with van der Waals surface area (Å²) in [5.74, 6) is 0.350. The van der Waals surface area contributed by atoms with Crippen LogP contribution in [0.2, 0.25) is 5.02 Å². The van der Waals surface area contributed by atoms with Gasteiger partial charge in [0.1, 0.15) is 5.69 Å². The molecule has 3 aromatic rings. The number of piperidine rings is 1. The lowest BCUT2D eigenvalue weighted by Gasteiger charge is -2.36. The SMILES string of the molecule is CN1CC[C@H](c2cc3c(cnn3-c3cnn(C)c3)cc2Cl)C[C@@H]1CO. The first-order valence-corrected chi connectivity index (χ1v) is 8.92. The van der Waals surface area contributed by atoms with Gasteiger partial charge in [-0.25, -0.2) is 4.68 Å². The number of nitrogens with zero attached hydrogens (tertiary/aromatic N) is 5. The van der Waals surface area contributed by atoms with E-state index >= 15 is 0 Å². The van der Waals surface area contributed by atoms with Gasteiger partial charge in [-0.2, -0.15) is 10.2 Å². The Balaban J connectivity index is 1.75. The van der Waals surface area contributed by atoms with Crippen LogP contribution in [0, 0.1) is 0 Å². The van der Waals surface area contributed by atoms with Gasteiger partial charge >= 0.3 is 0 Å². The van der Waals surface area contributed by atoms with E-state index in [0.717, 1.165) is 46.6 Å². The molecule has 0 aliphatic carbocycles. The normalized spacial score (nSPS) is 21.9. The van der Waals surface area contributed by atoms with Gasteiger partial charge in [-0.1, -0.05) is 11.6 Å². The molecule has 132 valence electrons. The fraction of sp³-hybridized carbons (Fsp3) is 0.444. The van der Waals surface area contributed by atoms with Crippen LogP contribution in [0.25, 0.3) is 16.6 Å². The molecule has 0 saturated carbocycles. The van der Waals surface area contributed by atoms with E-state index in [-0.39, 0.29) is 12.6 Å². The summed E-state index contributed by atoms with van der Waals surface area (Å²) in [6.07, 6.45) is 7.54. The summed E-state index contributed by atoms with van der Waals surface area (Å²) in [7, 11) is 3.96. The minimum Gasteiger partial charge on any atom is -0.395 e. The Hall–Kier alpha value is -1.89.